The first-order valence-electron chi connectivity index (χ1n) is 7.03. The predicted octanol–water partition coefficient (Wildman–Crippen LogP) is 4.11. The van der Waals surface area contributed by atoms with Crippen molar-refractivity contribution in [2.24, 2.45) is 0 Å². The number of thioether (sulfide) groups is 1. The van der Waals surface area contributed by atoms with Crippen LogP contribution in [0.3, 0.4) is 0 Å². The molecule has 1 heterocycles. The number of rotatable bonds is 7. The molecule has 0 spiro atoms. The van der Waals surface area contributed by atoms with E-state index in [1.54, 1.807) is 0 Å². The lowest BCUT2D eigenvalue weighted by Gasteiger charge is -2.13. The fourth-order valence-corrected chi connectivity index (χ4v) is 3.57. The summed E-state index contributed by atoms with van der Waals surface area (Å²) in [5, 5.41) is 4.27. The molecule has 0 radical (unpaired) electrons. The molecule has 0 saturated carbocycles. The molecule has 19 heavy (non-hydrogen) atoms. The summed E-state index contributed by atoms with van der Waals surface area (Å²) in [6.45, 7) is 5.07. The molecule has 1 aliphatic rings. The third-order valence-corrected chi connectivity index (χ3v) is 4.68. The van der Waals surface area contributed by atoms with Crippen LogP contribution in [-0.4, -0.2) is 25.0 Å². The Bertz CT molecular complexity index is 394. The largest absolute Gasteiger partial charge is 0.377 e. The molecule has 1 N–H and O–H groups in total. The summed E-state index contributed by atoms with van der Waals surface area (Å²) in [5.74, 6) is 1.03. The zero-order valence-electron chi connectivity index (χ0n) is 11.5. The first kappa shape index (κ1) is 15.2. The molecule has 1 aromatic carbocycles. The molecule has 0 bridgehead atoms. The summed E-state index contributed by atoms with van der Waals surface area (Å²) < 4.78 is 5.67. The Morgan fingerprint density at radius 2 is 2.37 bits per heavy atom. The molecule has 0 aromatic heterocycles. The van der Waals surface area contributed by atoms with Gasteiger partial charge in [-0.1, -0.05) is 24.6 Å². The number of hydrogen-bond donors (Lipinski definition) is 1. The number of nitrogens with one attached hydrogen (secondary N) is 1. The Morgan fingerprint density at radius 3 is 3.11 bits per heavy atom. The van der Waals surface area contributed by atoms with E-state index in [-0.39, 0.29) is 0 Å². The van der Waals surface area contributed by atoms with Gasteiger partial charge in [0.15, 0.2) is 0 Å². The third-order valence-electron chi connectivity index (χ3n) is 3.22. The molecular weight excluding hydrogens is 278 g/mol. The monoisotopic (exact) mass is 299 g/mol. The maximum Gasteiger partial charge on any atom is 0.0669 e. The molecule has 0 amide bonds. The number of benzene rings is 1. The van der Waals surface area contributed by atoms with Crippen molar-refractivity contribution in [1.29, 1.82) is 0 Å². The van der Waals surface area contributed by atoms with Crippen molar-refractivity contribution in [3.63, 3.8) is 0 Å². The van der Waals surface area contributed by atoms with Gasteiger partial charge in [-0.25, -0.2) is 0 Å². The van der Waals surface area contributed by atoms with Crippen molar-refractivity contribution in [3.05, 3.63) is 28.8 Å². The maximum atomic E-state index is 6.11. The zero-order valence-corrected chi connectivity index (χ0v) is 13.0. The van der Waals surface area contributed by atoms with E-state index < -0.39 is 0 Å². The van der Waals surface area contributed by atoms with Gasteiger partial charge in [0.05, 0.1) is 6.10 Å². The van der Waals surface area contributed by atoms with Crippen molar-refractivity contribution < 1.29 is 4.74 Å². The Morgan fingerprint density at radius 1 is 1.47 bits per heavy atom. The van der Waals surface area contributed by atoms with Crippen molar-refractivity contribution in [2.45, 2.75) is 43.7 Å². The molecular formula is C15H22ClNOS. The van der Waals surface area contributed by atoms with Crippen LogP contribution >= 0.6 is 23.4 Å². The van der Waals surface area contributed by atoms with Crippen molar-refractivity contribution in [2.75, 3.05) is 18.9 Å². The van der Waals surface area contributed by atoms with E-state index in [2.05, 4.69) is 24.4 Å². The highest BCUT2D eigenvalue weighted by molar-refractivity contribution is 7.99. The van der Waals surface area contributed by atoms with Gasteiger partial charge in [0.25, 0.3) is 0 Å². The van der Waals surface area contributed by atoms with Gasteiger partial charge in [0, 0.05) is 28.8 Å². The van der Waals surface area contributed by atoms with Crippen LogP contribution < -0.4 is 5.32 Å². The van der Waals surface area contributed by atoms with Gasteiger partial charge < -0.3 is 10.1 Å². The normalized spacial score (nSPS) is 18.9. The second-order valence-electron chi connectivity index (χ2n) is 4.87. The number of hydrogen-bond acceptors (Lipinski definition) is 3. The van der Waals surface area contributed by atoms with Crippen LogP contribution in [-0.2, 0) is 11.3 Å². The molecule has 1 aromatic rings. The molecule has 0 aliphatic carbocycles. The second kappa shape index (κ2) is 8.15. The lowest BCUT2D eigenvalue weighted by molar-refractivity contribution is 0.129. The van der Waals surface area contributed by atoms with E-state index >= 15 is 0 Å². The zero-order chi connectivity index (χ0) is 13.5. The number of halogens is 1. The summed E-state index contributed by atoms with van der Waals surface area (Å²) in [4.78, 5) is 1.28. The lowest BCUT2D eigenvalue weighted by atomic mass is 10.2. The highest BCUT2D eigenvalue weighted by Gasteiger charge is 2.16. The first-order valence-corrected chi connectivity index (χ1v) is 8.39. The average Bonchev–Trinajstić information content (AvgIpc) is 2.92. The fraction of sp³-hybridized carbons (Fsp3) is 0.600. The summed E-state index contributed by atoms with van der Waals surface area (Å²) in [5.41, 5.74) is 1.33. The van der Waals surface area contributed by atoms with Crippen LogP contribution in [0, 0.1) is 0 Å². The summed E-state index contributed by atoms with van der Waals surface area (Å²) in [6.07, 6.45) is 3.97. The van der Waals surface area contributed by atoms with Crippen LogP contribution in [0.15, 0.2) is 23.1 Å². The first-order chi connectivity index (χ1) is 9.29. The molecule has 106 valence electrons. The standard InChI is InChI=1S/C15H22ClNOS/c1-2-7-17-10-12-5-6-13(16)9-15(12)19-11-14-4-3-8-18-14/h5-6,9,14,17H,2-4,7-8,10-11H2,1H3. The van der Waals surface area contributed by atoms with E-state index in [0.29, 0.717) is 6.10 Å². The fourth-order valence-electron chi connectivity index (χ4n) is 2.17. The van der Waals surface area contributed by atoms with Crippen LogP contribution in [0.5, 0.6) is 0 Å². The highest BCUT2D eigenvalue weighted by Crippen LogP contribution is 2.29. The average molecular weight is 300 g/mol. The molecule has 1 aliphatic heterocycles. The molecule has 4 heteroatoms. The Balaban J connectivity index is 1.93. The minimum Gasteiger partial charge on any atom is -0.377 e. The Hall–Kier alpha value is -0.220. The lowest BCUT2D eigenvalue weighted by Crippen LogP contribution is -2.14. The van der Waals surface area contributed by atoms with Crippen molar-refractivity contribution in [1.82, 2.24) is 5.32 Å². The SMILES string of the molecule is CCCNCc1ccc(Cl)cc1SCC1CCCO1. The van der Waals surface area contributed by atoms with Gasteiger partial charge in [-0.3, -0.25) is 0 Å². The third kappa shape index (κ3) is 4.99. The minimum atomic E-state index is 0.417. The van der Waals surface area contributed by atoms with Gasteiger partial charge in [0.1, 0.15) is 0 Å². The molecule has 2 nitrogen and oxygen atoms in total. The van der Waals surface area contributed by atoms with Gasteiger partial charge in [-0.05, 0) is 43.5 Å². The molecule has 1 fully saturated rings. The molecule has 1 saturated heterocycles. The van der Waals surface area contributed by atoms with E-state index in [9.17, 15) is 0 Å². The Labute approximate surface area is 125 Å². The smallest absolute Gasteiger partial charge is 0.0669 e. The van der Waals surface area contributed by atoms with E-state index in [4.69, 9.17) is 16.3 Å². The topological polar surface area (TPSA) is 21.3 Å². The molecule has 2 rings (SSSR count). The van der Waals surface area contributed by atoms with E-state index in [1.165, 1.54) is 23.3 Å². The summed E-state index contributed by atoms with van der Waals surface area (Å²) >= 11 is 7.98. The predicted molar refractivity (Wildman–Crippen MR) is 83.1 cm³/mol. The highest BCUT2D eigenvalue weighted by atomic mass is 35.5. The quantitative estimate of drug-likeness (QED) is 0.605. The van der Waals surface area contributed by atoms with Crippen molar-refractivity contribution in [3.8, 4) is 0 Å². The Kier molecular flexibility index (Phi) is 6.51. The van der Waals surface area contributed by atoms with Crippen molar-refractivity contribution >= 4 is 23.4 Å². The molecule has 1 atom stereocenters. The second-order valence-corrected chi connectivity index (χ2v) is 6.37. The minimum absolute atomic E-state index is 0.417. The molecule has 1 unspecified atom stereocenters. The van der Waals surface area contributed by atoms with Gasteiger partial charge in [0.2, 0.25) is 0 Å². The van der Waals surface area contributed by atoms with Crippen LogP contribution in [0.25, 0.3) is 0 Å². The van der Waals surface area contributed by atoms with Crippen LogP contribution in [0.4, 0.5) is 0 Å². The summed E-state index contributed by atoms with van der Waals surface area (Å²) in [7, 11) is 0. The number of ether oxygens (including phenoxy) is 1. The van der Waals surface area contributed by atoms with E-state index in [1.807, 2.05) is 17.8 Å². The van der Waals surface area contributed by atoms with Gasteiger partial charge >= 0.3 is 0 Å². The van der Waals surface area contributed by atoms with Crippen LogP contribution in [0.2, 0.25) is 5.02 Å². The van der Waals surface area contributed by atoms with Crippen LogP contribution in [0.1, 0.15) is 31.7 Å². The van der Waals surface area contributed by atoms with Gasteiger partial charge in [-0.15, -0.1) is 11.8 Å². The summed E-state index contributed by atoms with van der Waals surface area (Å²) in [6, 6.07) is 6.17. The van der Waals surface area contributed by atoms with Gasteiger partial charge in [-0.2, -0.15) is 0 Å². The maximum absolute atomic E-state index is 6.11. The van der Waals surface area contributed by atoms with E-state index in [0.717, 1.165) is 36.9 Å².